The van der Waals surface area contributed by atoms with E-state index in [9.17, 15) is 19.6 Å². The fraction of sp³-hybridized carbons (Fsp3) is 0.706. The van der Waals surface area contributed by atoms with Gasteiger partial charge in [-0.05, 0) is 79.1 Å². The van der Waals surface area contributed by atoms with Crippen LogP contribution >= 0.6 is 0 Å². The fourth-order valence-corrected chi connectivity index (χ4v) is 10.8. The van der Waals surface area contributed by atoms with Crippen LogP contribution in [-0.2, 0) is 22.2 Å². The third-order valence-electron chi connectivity index (χ3n) is 13.2. The summed E-state index contributed by atoms with van der Waals surface area (Å²) in [6.45, 7) is 15.5. The molecule has 0 radical (unpaired) electrons. The second-order valence-electron chi connectivity index (χ2n) is 15.9. The molecule has 5 aliphatic carbocycles. The van der Waals surface area contributed by atoms with Gasteiger partial charge in [-0.2, -0.15) is 5.26 Å². The van der Waals surface area contributed by atoms with Crippen LogP contribution in [0, 0.1) is 56.2 Å². The van der Waals surface area contributed by atoms with Gasteiger partial charge >= 0.3 is 5.69 Å². The summed E-state index contributed by atoms with van der Waals surface area (Å²) in [7, 11) is 1.81. The van der Waals surface area contributed by atoms with Gasteiger partial charge in [0.2, 0.25) is 0 Å². The summed E-state index contributed by atoms with van der Waals surface area (Å²) in [5, 5.41) is 9.93. The van der Waals surface area contributed by atoms with E-state index in [2.05, 4.69) is 40.7 Å². The molecule has 0 spiro atoms. The van der Waals surface area contributed by atoms with E-state index < -0.39 is 10.8 Å². The smallest absolute Gasteiger partial charge is 0.302 e. The van der Waals surface area contributed by atoms with Crippen molar-refractivity contribution in [2.75, 3.05) is 0 Å². The summed E-state index contributed by atoms with van der Waals surface area (Å²) in [5.41, 5.74) is -0.635. The highest BCUT2D eigenvalue weighted by atomic mass is 16.2. The highest BCUT2D eigenvalue weighted by Crippen LogP contribution is 2.74. The molecule has 0 N–H and O–H groups in total. The average Bonchev–Trinajstić information content (AvgIpc) is 3.21. The molecular weight excluding hydrogens is 498 g/mol. The van der Waals surface area contributed by atoms with Crippen molar-refractivity contribution in [2.45, 2.75) is 99.0 Å². The largest absolute Gasteiger partial charge is 0.328 e. The molecule has 214 valence electrons. The predicted molar refractivity (Wildman–Crippen MR) is 154 cm³/mol. The first-order valence-corrected chi connectivity index (χ1v) is 15.2. The van der Waals surface area contributed by atoms with Crippen molar-refractivity contribution < 1.29 is 9.59 Å². The second-order valence-corrected chi connectivity index (χ2v) is 15.9. The van der Waals surface area contributed by atoms with Crippen molar-refractivity contribution in [3.8, 4) is 6.07 Å². The Morgan fingerprint density at radius 3 is 2.23 bits per heavy atom. The third-order valence-corrected chi connectivity index (χ3v) is 13.2. The number of fused-ring (bicyclic) bond motifs is 7. The van der Waals surface area contributed by atoms with Gasteiger partial charge in [-0.25, -0.2) is 4.79 Å². The van der Waals surface area contributed by atoms with E-state index in [0.717, 1.165) is 50.5 Å². The molecule has 40 heavy (non-hydrogen) atoms. The van der Waals surface area contributed by atoms with E-state index in [-0.39, 0.29) is 62.4 Å². The number of allylic oxidation sites excluding steroid dienone is 4. The number of Topliss-reactive ketones (excluding diaryl/α,β-unsaturated/α-hetero) is 1. The van der Waals surface area contributed by atoms with Crippen molar-refractivity contribution in [1.29, 1.82) is 5.26 Å². The number of rotatable bonds is 1. The minimum Gasteiger partial charge on any atom is -0.302 e. The van der Waals surface area contributed by atoms with Crippen LogP contribution in [0.5, 0.6) is 0 Å². The summed E-state index contributed by atoms with van der Waals surface area (Å²) in [6.07, 6.45) is 14.1. The maximum absolute atomic E-state index is 14.6. The first kappa shape index (κ1) is 27.5. The Hall–Kier alpha value is -2.68. The average molecular weight is 544 g/mol. The number of nitriles is 1. The van der Waals surface area contributed by atoms with Crippen molar-refractivity contribution in [1.82, 2.24) is 9.13 Å². The SMILES string of the molecule is Cn1ccn([C@]23CCC(C)(C)C[C@H]2[C@H]2C(=O)C=C4[C@@]5(C)C=C(C#N)C(=O)C(C)(C)[C@@H]5CC[C@@]4(C)[C@]2(C)CC3)c1=O. The van der Waals surface area contributed by atoms with Gasteiger partial charge in [0, 0.05) is 36.2 Å². The molecule has 5 aliphatic rings. The number of hydrogen-bond acceptors (Lipinski definition) is 4. The van der Waals surface area contributed by atoms with E-state index in [1.807, 2.05) is 50.0 Å². The Bertz CT molecular complexity index is 1500. The topological polar surface area (TPSA) is 84.9 Å². The quantitative estimate of drug-likeness (QED) is 0.427. The molecule has 1 aromatic rings. The third kappa shape index (κ3) is 3.13. The lowest BCUT2D eigenvalue weighted by molar-refractivity contribution is -0.168. The molecule has 0 bridgehead atoms. The van der Waals surface area contributed by atoms with Crippen LogP contribution < -0.4 is 5.69 Å². The fourth-order valence-electron chi connectivity index (χ4n) is 10.8. The monoisotopic (exact) mass is 543 g/mol. The van der Waals surface area contributed by atoms with Crippen molar-refractivity contribution in [2.24, 2.45) is 51.9 Å². The summed E-state index contributed by atoms with van der Waals surface area (Å²) < 4.78 is 3.64. The molecule has 0 saturated heterocycles. The lowest BCUT2D eigenvalue weighted by atomic mass is 9.35. The number of imidazole rings is 1. The minimum absolute atomic E-state index is 0.00954. The number of nitrogens with zero attached hydrogens (tertiary/aromatic N) is 3. The minimum atomic E-state index is -0.666. The molecule has 7 atom stereocenters. The lowest BCUT2D eigenvalue weighted by Crippen LogP contribution is -2.67. The van der Waals surface area contributed by atoms with E-state index in [1.165, 1.54) is 0 Å². The van der Waals surface area contributed by atoms with Gasteiger partial charge < -0.3 is 4.57 Å². The Morgan fingerprint density at radius 1 is 0.925 bits per heavy atom. The molecule has 6 heteroatoms. The van der Waals surface area contributed by atoms with Crippen LogP contribution in [0.4, 0.5) is 0 Å². The summed E-state index contributed by atoms with van der Waals surface area (Å²) >= 11 is 0. The molecule has 6 rings (SSSR count). The van der Waals surface area contributed by atoms with Crippen LogP contribution in [0.1, 0.15) is 93.4 Å². The zero-order valence-corrected chi connectivity index (χ0v) is 25.6. The number of ketones is 2. The maximum Gasteiger partial charge on any atom is 0.328 e. The normalized spacial score (nSPS) is 43.3. The van der Waals surface area contributed by atoms with E-state index in [1.54, 1.807) is 4.57 Å². The van der Waals surface area contributed by atoms with Gasteiger partial charge in [-0.1, -0.05) is 60.1 Å². The van der Waals surface area contributed by atoms with Crippen LogP contribution in [0.25, 0.3) is 0 Å². The Balaban J connectivity index is 1.55. The Kier molecular flexibility index (Phi) is 5.49. The number of aromatic nitrogens is 2. The molecule has 0 aromatic carbocycles. The first-order valence-electron chi connectivity index (χ1n) is 15.2. The molecule has 6 nitrogen and oxygen atoms in total. The molecule has 0 aliphatic heterocycles. The van der Waals surface area contributed by atoms with Crippen LogP contribution in [-0.4, -0.2) is 20.7 Å². The maximum atomic E-state index is 14.6. The lowest BCUT2D eigenvalue weighted by Gasteiger charge is -2.69. The summed E-state index contributed by atoms with van der Waals surface area (Å²) in [5.74, 6) is 0.0233. The molecular formula is C34H45N3O3. The highest BCUT2D eigenvalue weighted by molar-refractivity contribution is 6.04. The van der Waals surface area contributed by atoms with Crippen molar-refractivity contribution >= 4 is 11.6 Å². The molecule has 3 fully saturated rings. The Morgan fingerprint density at radius 2 is 1.60 bits per heavy atom. The van der Waals surface area contributed by atoms with E-state index in [4.69, 9.17) is 0 Å². The molecule has 3 saturated carbocycles. The van der Waals surface area contributed by atoms with Crippen molar-refractivity contribution in [3.05, 3.63) is 46.2 Å². The van der Waals surface area contributed by atoms with Crippen molar-refractivity contribution in [3.63, 3.8) is 0 Å². The van der Waals surface area contributed by atoms with Crippen LogP contribution in [0.2, 0.25) is 0 Å². The van der Waals surface area contributed by atoms with Crippen LogP contribution in [0.15, 0.2) is 40.5 Å². The van der Waals surface area contributed by atoms with Crippen LogP contribution in [0.3, 0.4) is 0 Å². The zero-order chi connectivity index (χ0) is 29.3. The zero-order valence-electron chi connectivity index (χ0n) is 25.6. The first-order chi connectivity index (χ1) is 18.5. The van der Waals surface area contributed by atoms with E-state index in [0.29, 0.717) is 0 Å². The summed E-state index contributed by atoms with van der Waals surface area (Å²) in [6, 6.07) is 2.19. The van der Waals surface area contributed by atoms with Gasteiger partial charge in [-0.15, -0.1) is 0 Å². The van der Waals surface area contributed by atoms with E-state index >= 15 is 0 Å². The molecule has 0 amide bonds. The molecule has 0 unspecified atom stereocenters. The number of aryl methyl sites for hydroxylation is 1. The number of carbonyl (C=O) groups excluding carboxylic acids is 2. The Labute approximate surface area is 238 Å². The van der Waals surface area contributed by atoms with Gasteiger partial charge in [0.1, 0.15) is 6.07 Å². The summed E-state index contributed by atoms with van der Waals surface area (Å²) in [4.78, 5) is 41.3. The van der Waals surface area contributed by atoms with Gasteiger partial charge in [0.25, 0.3) is 0 Å². The second kappa shape index (κ2) is 7.99. The predicted octanol–water partition coefficient (Wildman–Crippen LogP) is 6.12. The van der Waals surface area contributed by atoms with Gasteiger partial charge in [0.15, 0.2) is 11.6 Å². The standard InChI is InChI=1S/C34H45N3O3/c1-29(2)11-13-34(37-16-15-36(8)28(37)40)14-12-33(7)26(22(34)19-29)23(38)17-25-31(5)18-21(20-35)27(39)30(3,4)24(31)9-10-32(25,33)6/h15-18,22,24,26H,9-14,19H2,1-8H3/t22-,24-,26-,31-,32+,33+,34-/m0/s1. The van der Waals surface area contributed by atoms with Gasteiger partial charge in [0.05, 0.1) is 11.1 Å². The molecule has 1 aromatic heterocycles. The molecule has 1 heterocycles. The van der Waals surface area contributed by atoms with Gasteiger partial charge in [-0.3, -0.25) is 14.2 Å². The highest BCUT2D eigenvalue weighted by Gasteiger charge is 2.70. The number of hydrogen-bond donors (Lipinski definition) is 0. The number of carbonyl (C=O) groups is 2.